The first-order chi connectivity index (χ1) is 9.22. The van der Waals surface area contributed by atoms with Gasteiger partial charge in [0.2, 0.25) is 0 Å². The molecule has 1 atom stereocenters. The Balaban J connectivity index is 1.48. The molecule has 4 saturated carbocycles. The number of hydrogen-bond acceptors (Lipinski definition) is 2. The molecule has 0 spiro atoms. The molecule has 106 valence electrons. The molecule has 5 aliphatic rings. The number of rotatable bonds is 3. The Hall–Kier alpha value is -0.500. The zero-order valence-corrected chi connectivity index (χ0v) is 11.8. The van der Waals surface area contributed by atoms with E-state index in [-0.39, 0.29) is 6.10 Å². The van der Waals surface area contributed by atoms with Crippen LogP contribution >= 0.6 is 0 Å². The predicted octanol–water partition coefficient (Wildman–Crippen LogP) is 3.65. The summed E-state index contributed by atoms with van der Waals surface area (Å²) in [6.45, 7) is 0.795. The predicted molar refractivity (Wildman–Crippen MR) is 74.5 cm³/mol. The third kappa shape index (κ3) is 2.22. The molecule has 4 aliphatic carbocycles. The fourth-order valence-corrected chi connectivity index (χ4v) is 5.86. The highest BCUT2D eigenvalue weighted by Crippen LogP contribution is 2.61. The fourth-order valence-electron chi connectivity index (χ4n) is 5.86. The van der Waals surface area contributed by atoms with Crippen molar-refractivity contribution in [2.24, 2.45) is 23.2 Å². The highest BCUT2D eigenvalue weighted by Gasteiger charge is 2.51. The second-order valence-corrected chi connectivity index (χ2v) is 7.73. The van der Waals surface area contributed by atoms with Crippen LogP contribution in [0.1, 0.15) is 57.8 Å². The van der Waals surface area contributed by atoms with Gasteiger partial charge in [0.1, 0.15) is 11.9 Å². The lowest BCUT2D eigenvalue weighted by atomic mass is 9.48. The monoisotopic (exact) mass is 262 g/mol. The molecule has 5 rings (SSSR count). The summed E-state index contributed by atoms with van der Waals surface area (Å²) in [6, 6.07) is 0. The minimum absolute atomic E-state index is 0.337. The van der Waals surface area contributed by atoms with E-state index in [4.69, 9.17) is 4.74 Å². The summed E-state index contributed by atoms with van der Waals surface area (Å²) in [6.07, 6.45) is 13.5. The normalized spacial score (nSPS) is 45.7. The van der Waals surface area contributed by atoms with Gasteiger partial charge in [-0.1, -0.05) is 0 Å². The SMILES string of the molecule is OC(CC12CC3CC(CC(C3)C1)C2)C1=CCCCO1. The Morgan fingerprint density at radius 1 is 1.16 bits per heavy atom. The summed E-state index contributed by atoms with van der Waals surface area (Å²) in [5.41, 5.74) is 0.454. The van der Waals surface area contributed by atoms with Crippen molar-refractivity contribution in [3.05, 3.63) is 11.8 Å². The lowest BCUT2D eigenvalue weighted by molar-refractivity contribution is -0.0775. The van der Waals surface area contributed by atoms with Crippen molar-refractivity contribution >= 4 is 0 Å². The quantitative estimate of drug-likeness (QED) is 0.841. The van der Waals surface area contributed by atoms with Gasteiger partial charge in [0.15, 0.2) is 0 Å². The number of allylic oxidation sites excluding steroid dienone is 1. The van der Waals surface area contributed by atoms with E-state index in [1.54, 1.807) is 0 Å². The molecule has 1 N–H and O–H groups in total. The molecule has 0 saturated heterocycles. The van der Waals surface area contributed by atoms with Crippen LogP contribution in [-0.4, -0.2) is 17.8 Å². The van der Waals surface area contributed by atoms with E-state index in [1.165, 1.54) is 38.5 Å². The summed E-state index contributed by atoms with van der Waals surface area (Å²) < 4.78 is 5.66. The van der Waals surface area contributed by atoms with Gasteiger partial charge in [0.05, 0.1) is 6.61 Å². The maximum Gasteiger partial charge on any atom is 0.120 e. The lowest BCUT2D eigenvalue weighted by Crippen LogP contribution is -2.47. The highest BCUT2D eigenvalue weighted by atomic mass is 16.5. The first-order valence-corrected chi connectivity index (χ1v) is 8.23. The average Bonchev–Trinajstić information content (AvgIpc) is 2.37. The van der Waals surface area contributed by atoms with Crippen LogP contribution in [0, 0.1) is 23.2 Å². The largest absolute Gasteiger partial charge is 0.496 e. The molecule has 4 fully saturated rings. The van der Waals surface area contributed by atoms with Crippen molar-refractivity contribution in [3.63, 3.8) is 0 Å². The van der Waals surface area contributed by atoms with E-state index in [0.717, 1.165) is 49.4 Å². The van der Waals surface area contributed by atoms with Gasteiger partial charge in [-0.3, -0.25) is 0 Å². The summed E-state index contributed by atoms with van der Waals surface area (Å²) in [5.74, 6) is 3.79. The van der Waals surface area contributed by atoms with Gasteiger partial charge >= 0.3 is 0 Å². The van der Waals surface area contributed by atoms with Gasteiger partial charge in [-0.2, -0.15) is 0 Å². The van der Waals surface area contributed by atoms with Crippen LogP contribution in [0.4, 0.5) is 0 Å². The molecule has 2 nitrogen and oxygen atoms in total. The van der Waals surface area contributed by atoms with E-state index < -0.39 is 0 Å². The molecule has 2 heteroatoms. The maximum atomic E-state index is 10.5. The summed E-state index contributed by atoms with van der Waals surface area (Å²) in [5, 5.41) is 10.5. The van der Waals surface area contributed by atoms with Gasteiger partial charge in [0, 0.05) is 0 Å². The first-order valence-electron chi connectivity index (χ1n) is 8.23. The number of aliphatic hydroxyl groups is 1. The van der Waals surface area contributed by atoms with Crippen LogP contribution in [0.2, 0.25) is 0 Å². The molecule has 1 aliphatic heterocycles. The van der Waals surface area contributed by atoms with Crippen LogP contribution in [0.3, 0.4) is 0 Å². The van der Waals surface area contributed by atoms with E-state index in [1.807, 2.05) is 0 Å². The van der Waals surface area contributed by atoms with Crippen molar-refractivity contribution in [1.29, 1.82) is 0 Å². The zero-order chi connectivity index (χ0) is 12.9. The Morgan fingerprint density at radius 3 is 2.32 bits per heavy atom. The summed E-state index contributed by atoms with van der Waals surface area (Å²) in [4.78, 5) is 0. The van der Waals surface area contributed by atoms with Gasteiger partial charge in [0.25, 0.3) is 0 Å². The van der Waals surface area contributed by atoms with Gasteiger partial charge < -0.3 is 9.84 Å². The molecule has 4 bridgehead atoms. The molecule has 0 radical (unpaired) electrons. The van der Waals surface area contributed by atoms with Crippen LogP contribution in [-0.2, 0) is 4.74 Å². The molecule has 1 unspecified atom stereocenters. The first kappa shape index (κ1) is 12.3. The van der Waals surface area contributed by atoms with Gasteiger partial charge in [-0.05, 0) is 87.0 Å². The Morgan fingerprint density at radius 2 is 1.79 bits per heavy atom. The van der Waals surface area contributed by atoms with Crippen molar-refractivity contribution in [3.8, 4) is 0 Å². The van der Waals surface area contributed by atoms with E-state index in [2.05, 4.69) is 6.08 Å². The Bertz CT molecular complexity index is 349. The highest BCUT2D eigenvalue weighted by molar-refractivity contribution is 5.08. The van der Waals surface area contributed by atoms with Crippen molar-refractivity contribution in [1.82, 2.24) is 0 Å². The van der Waals surface area contributed by atoms with Gasteiger partial charge in [-0.25, -0.2) is 0 Å². The third-order valence-corrected chi connectivity index (χ3v) is 6.08. The Labute approximate surface area is 116 Å². The van der Waals surface area contributed by atoms with Crippen LogP contribution in [0.5, 0.6) is 0 Å². The van der Waals surface area contributed by atoms with E-state index in [0.29, 0.717) is 5.41 Å². The van der Waals surface area contributed by atoms with E-state index >= 15 is 0 Å². The molecular formula is C17H26O2. The van der Waals surface area contributed by atoms with Crippen LogP contribution < -0.4 is 0 Å². The second kappa shape index (κ2) is 4.51. The summed E-state index contributed by atoms with van der Waals surface area (Å²) >= 11 is 0. The van der Waals surface area contributed by atoms with Crippen LogP contribution in [0.25, 0.3) is 0 Å². The summed E-state index contributed by atoms with van der Waals surface area (Å²) in [7, 11) is 0. The molecule has 19 heavy (non-hydrogen) atoms. The second-order valence-electron chi connectivity index (χ2n) is 7.73. The lowest BCUT2D eigenvalue weighted by Gasteiger charge is -2.57. The standard InChI is InChI=1S/C17H26O2/c18-15(16-3-1-2-4-19-16)11-17-8-12-5-13(9-17)7-14(6-12)10-17/h3,12-15,18H,1-2,4-11H2. The van der Waals surface area contributed by atoms with Crippen molar-refractivity contribution < 1.29 is 9.84 Å². The molecule has 0 aromatic heterocycles. The average molecular weight is 262 g/mol. The Kier molecular flexibility index (Phi) is 2.91. The molecule has 0 amide bonds. The van der Waals surface area contributed by atoms with Gasteiger partial charge in [-0.15, -0.1) is 0 Å². The maximum absolute atomic E-state index is 10.5. The fraction of sp³-hybridized carbons (Fsp3) is 0.882. The zero-order valence-electron chi connectivity index (χ0n) is 11.8. The minimum atomic E-state index is -0.337. The molecule has 1 heterocycles. The molecule has 0 aromatic carbocycles. The molecular weight excluding hydrogens is 236 g/mol. The van der Waals surface area contributed by atoms with Crippen molar-refractivity contribution in [2.75, 3.05) is 6.61 Å². The number of ether oxygens (including phenoxy) is 1. The molecule has 0 aromatic rings. The van der Waals surface area contributed by atoms with Crippen molar-refractivity contribution in [2.45, 2.75) is 63.9 Å². The number of hydrogen-bond donors (Lipinski definition) is 1. The van der Waals surface area contributed by atoms with Crippen LogP contribution in [0.15, 0.2) is 11.8 Å². The minimum Gasteiger partial charge on any atom is -0.496 e. The smallest absolute Gasteiger partial charge is 0.120 e. The number of aliphatic hydroxyl groups excluding tert-OH is 1. The van der Waals surface area contributed by atoms with E-state index in [9.17, 15) is 5.11 Å². The topological polar surface area (TPSA) is 29.5 Å². The third-order valence-electron chi connectivity index (χ3n) is 6.08.